The van der Waals surface area contributed by atoms with Gasteiger partial charge in [0.1, 0.15) is 17.6 Å². The number of hydrogen-bond acceptors (Lipinski definition) is 5. The number of carbonyl (C=O) groups is 2. The van der Waals surface area contributed by atoms with Gasteiger partial charge in [-0.25, -0.2) is 0 Å². The summed E-state index contributed by atoms with van der Waals surface area (Å²) in [7, 11) is 0. The van der Waals surface area contributed by atoms with Gasteiger partial charge in [-0.2, -0.15) is 0 Å². The Kier molecular flexibility index (Phi) is 6.27. The lowest BCUT2D eigenvalue weighted by Crippen LogP contribution is -2.30. The number of amides is 1. The van der Waals surface area contributed by atoms with E-state index in [0.717, 1.165) is 17.5 Å². The number of rotatable bonds is 6. The number of aryl methyl sites for hydroxylation is 2. The highest BCUT2D eigenvalue weighted by Gasteiger charge is 2.48. The monoisotopic (exact) mass is 442 g/mol. The van der Waals surface area contributed by atoms with Crippen molar-refractivity contribution in [1.82, 2.24) is 4.98 Å². The molecule has 1 atom stereocenters. The number of carbonyl (C=O) groups excluding carboxylic acids is 2. The number of aromatic nitrogens is 1. The fourth-order valence-electron chi connectivity index (χ4n) is 4.06. The first-order chi connectivity index (χ1) is 15.9. The third-order valence-electron chi connectivity index (χ3n) is 5.62. The maximum absolute atomic E-state index is 13.2. The molecule has 1 aliphatic heterocycles. The Morgan fingerprint density at radius 2 is 1.82 bits per heavy atom. The summed E-state index contributed by atoms with van der Waals surface area (Å²) in [6.07, 6.45) is 2.49. The first-order valence-electron chi connectivity index (χ1n) is 10.9. The molecule has 168 valence electrons. The number of ketones is 1. The van der Waals surface area contributed by atoms with Crippen molar-refractivity contribution in [2.24, 2.45) is 0 Å². The summed E-state index contributed by atoms with van der Waals surface area (Å²) in [6.45, 7) is 6.47. The molecule has 2 aromatic carbocycles. The van der Waals surface area contributed by atoms with Gasteiger partial charge in [-0.3, -0.25) is 19.5 Å². The largest absolute Gasteiger partial charge is 0.507 e. The summed E-state index contributed by atoms with van der Waals surface area (Å²) in [4.78, 5) is 32.3. The lowest BCUT2D eigenvalue weighted by molar-refractivity contribution is -0.132. The van der Waals surface area contributed by atoms with Gasteiger partial charge in [0.05, 0.1) is 17.9 Å². The molecular formula is C27H26N2O4. The van der Waals surface area contributed by atoms with Crippen molar-refractivity contribution in [3.05, 3.63) is 94.8 Å². The van der Waals surface area contributed by atoms with E-state index in [2.05, 4.69) is 4.98 Å². The second kappa shape index (κ2) is 9.28. The Bertz CT molecular complexity index is 1220. The quantitative estimate of drug-likeness (QED) is 0.326. The predicted octanol–water partition coefficient (Wildman–Crippen LogP) is 5.11. The highest BCUT2D eigenvalue weighted by Crippen LogP contribution is 2.42. The second-order valence-electron chi connectivity index (χ2n) is 8.09. The minimum atomic E-state index is -0.844. The summed E-state index contributed by atoms with van der Waals surface area (Å²) < 4.78 is 5.60. The first-order valence-corrected chi connectivity index (χ1v) is 10.9. The number of pyridine rings is 1. The number of aliphatic hydroxyl groups is 1. The van der Waals surface area contributed by atoms with E-state index in [1.54, 1.807) is 48.7 Å². The normalized spacial score (nSPS) is 17.4. The van der Waals surface area contributed by atoms with E-state index < -0.39 is 17.7 Å². The summed E-state index contributed by atoms with van der Waals surface area (Å²) in [5.41, 5.74) is 3.46. The van der Waals surface area contributed by atoms with Crippen LogP contribution in [-0.4, -0.2) is 28.4 Å². The SMILES string of the molecule is CCCOc1ccc(/C(O)=C2\C(=O)C(=O)N(c3ccc(C)cc3C)C2c2ccccn2)cc1. The molecule has 0 spiro atoms. The average Bonchev–Trinajstić information content (AvgIpc) is 3.08. The highest BCUT2D eigenvalue weighted by atomic mass is 16.5. The number of ether oxygens (including phenoxy) is 1. The van der Waals surface area contributed by atoms with Crippen LogP contribution in [0.3, 0.4) is 0 Å². The topological polar surface area (TPSA) is 79.7 Å². The smallest absolute Gasteiger partial charge is 0.300 e. The van der Waals surface area contributed by atoms with Crippen molar-refractivity contribution in [1.29, 1.82) is 0 Å². The van der Waals surface area contributed by atoms with E-state index in [9.17, 15) is 14.7 Å². The van der Waals surface area contributed by atoms with E-state index in [4.69, 9.17) is 4.74 Å². The number of Topliss-reactive ketones (excluding diaryl/α,β-unsaturated/α-hetero) is 1. The van der Waals surface area contributed by atoms with E-state index in [1.807, 2.05) is 39.0 Å². The first kappa shape index (κ1) is 22.3. The number of aliphatic hydroxyl groups excluding tert-OH is 1. The van der Waals surface area contributed by atoms with Gasteiger partial charge < -0.3 is 9.84 Å². The molecule has 3 aromatic rings. The Morgan fingerprint density at radius 1 is 1.06 bits per heavy atom. The van der Waals surface area contributed by atoms with Gasteiger partial charge in [-0.1, -0.05) is 30.7 Å². The molecule has 1 saturated heterocycles. The van der Waals surface area contributed by atoms with Crippen molar-refractivity contribution in [2.75, 3.05) is 11.5 Å². The average molecular weight is 443 g/mol. The molecule has 1 amide bonds. The van der Waals surface area contributed by atoms with Crippen molar-refractivity contribution in [2.45, 2.75) is 33.2 Å². The molecule has 0 saturated carbocycles. The van der Waals surface area contributed by atoms with E-state index in [0.29, 0.717) is 29.3 Å². The van der Waals surface area contributed by atoms with Crippen LogP contribution in [-0.2, 0) is 9.59 Å². The Balaban J connectivity index is 1.85. The molecule has 1 aliphatic rings. The van der Waals surface area contributed by atoms with Crippen LogP contribution in [0.15, 0.2) is 72.4 Å². The van der Waals surface area contributed by atoms with E-state index in [1.165, 1.54) is 4.90 Å². The number of hydrogen-bond donors (Lipinski definition) is 1. The zero-order chi connectivity index (χ0) is 23.5. The Labute approximate surface area is 193 Å². The van der Waals surface area contributed by atoms with Crippen LogP contribution in [0.1, 0.15) is 41.8 Å². The predicted molar refractivity (Wildman–Crippen MR) is 127 cm³/mol. The summed E-state index contributed by atoms with van der Waals surface area (Å²) in [6, 6.07) is 17.0. The third-order valence-corrected chi connectivity index (χ3v) is 5.62. The van der Waals surface area contributed by atoms with Gasteiger partial charge in [0.2, 0.25) is 0 Å². The molecule has 0 aliphatic carbocycles. The fraction of sp³-hybridized carbons (Fsp3) is 0.222. The van der Waals surface area contributed by atoms with Gasteiger partial charge >= 0.3 is 0 Å². The maximum Gasteiger partial charge on any atom is 0.300 e. The highest BCUT2D eigenvalue weighted by molar-refractivity contribution is 6.51. The lowest BCUT2D eigenvalue weighted by Gasteiger charge is -2.26. The van der Waals surface area contributed by atoms with E-state index >= 15 is 0 Å². The second-order valence-corrected chi connectivity index (χ2v) is 8.09. The summed E-state index contributed by atoms with van der Waals surface area (Å²) in [5, 5.41) is 11.2. The van der Waals surface area contributed by atoms with Crippen LogP contribution in [0.25, 0.3) is 5.76 Å². The van der Waals surface area contributed by atoms with Gasteiger partial charge in [-0.05, 0) is 68.3 Å². The van der Waals surface area contributed by atoms with Crippen LogP contribution in [0, 0.1) is 13.8 Å². The van der Waals surface area contributed by atoms with Gasteiger partial charge in [0.15, 0.2) is 0 Å². The molecule has 1 N–H and O–H groups in total. The standard InChI is InChI=1S/C27H26N2O4/c1-4-15-33-20-11-9-19(10-12-20)25(30)23-24(21-7-5-6-14-28-21)29(27(32)26(23)31)22-13-8-17(2)16-18(22)3/h5-14,16,24,30H,4,15H2,1-3H3/b25-23+. The van der Waals surface area contributed by atoms with Crippen molar-refractivity contribution < 1.29 is 19.4 Å². The molecule has 2 heterocycles. The van der Waals surface area contributed by atoms with Crippen LogP contribution >= 0.6 is 0 Å². The van der Waals surface area contributed by atoms with Crippen LogP contribution in [0.2, 0.25) is 0 Å². The minimum Gasteiger partial charge on any atom is -0.507 e. The van der Waals surface area contributed by atoms with E-state index in [-0.39, 0.29) is 11.3 Å². The van der Waals surface area contributed by atoms with Crippen molar-refractivity contribution in [3.8, 4) is 5.75 Å². The molecule has 0 radical (unpaired) electrons. The summed E-state index contributed by atoms with van der Waals surface area (Å²) >= 11 is 0. The van der Waals surface area contributed by atoms with Gasteiger partial charge in [0.25, 0.3) is 11.7 Å². The minimum absolute atomic E-state index is 0.0147. The zero-order valence-corrected chi connectivity index (χ0v) is 18.9. The molecule has 1 fully saturated rings. The van der Waals surface area contributed by atoms with Gasteiger partial charge in [0, 0.05) is 17.4 Å². The summed E-state index contributed by atoms with van der Waals surface area (Å²) in [5.74, 6) is -1.000. The number of benzene rings is 2. The molecular weight excluding hydrogens is 416 g/mol. The van der Waals surface area contributed by atoms with Crippen LogP contribution < -0.4 is 9.64 Å². The third kappa shape index (κ3) is 4.24. The molecule has 1 unspecified atom stereocenters. The molecule has 6 heteroatoms. The maximum atomic E-state index is 13.2. The number of nitrogens with zero attached hydrogens (tertiary/aromatic N) is 2. The molecule has 4 rings (SSSR count). The zero-order valence-electron chi connectivity index (χ0n) is 18.9. The van der Waals surface area contributed by atoms with Crippen molar-refractivity contribution in [3.63, 3.8) is 0 Å². The molecule has 33 heavy (non-hydrogen) atoms. The fourth-order valence-corrected chi connectivity index (χ4v) is 4.06. The number of anilines is 1. The van der Waals surface area contributed by atoms with Crippen LogP contribution in [0.5, 0.6) is 5.75 Å². The molecule has 6 nitrogen and oxygen atoms in total. The molecule has 0 bridgehead atoms. The molecule has 1 aromatic heterocycles. The Hall–Kier alpha value is -3.93. The van der Waals surface area contributed by atoms with Crippen molar-refractivity contribution >= 4 is 23.1 Å². The van der Waals surface area contributed by atoms with Crippen LogP contribution in [0.4, 0.5) is 5.69 Å². The lowest BCUT2D eigenvalue weighted by atomic mass is 9.97. The Morgan fingerprint density at radius 3 is 2.45 bits per heavy atom. The van der Waals surface area contributed by atoms with Gasteiger partial charge in [-0.15, -0.1) is 0 Å².